The van der Waals surface area contributed by atoms with E-state index in [1.165, 1.54) is 18.7 Å². The molecule has 1 aromatic rings. The Kier molecular flexibility index (Phi) is 5.13. The van der Waals surface area contributed by atoms with Crippen LogP contribution < -0.4 is 0 Å². The second kappa shape index (κ2) is 6.61. The van der Waals surface area contributed by atoms with Crippen molar-refractivity contribution in [1.82, 2.24) is 0 Å². The summed E-state index contributed by atoms with van der Waals surface area (Å²) in [5, 5.41) is 8.84. The fourth-order valence-corrected chi connectivity index (χ4v) is 1.63. The van der Waals surface area contributed by atoms with E-state index in [1.54, 1.807) is 0 Å². The second-order valence-corrected chi connectivity index (χ2v) is 4.50. The SMILES string of the molecule is COC(=O)C(C#N)=Cc1ccc(CC(C)C)cc1. The third-order valence-corrected chi connectivity index (χ3v) is 2.46. The molecule has 0 saturated heterocycles. The van der Waals surface area contributed by atoms with Crippen LogP contribution in [-0.2, 0) is 16.0 Å². The maximum absolute atomic E-state index is 11.2. The number of methoxy groups -OCH3 is 1. The quantitative estimate of drug-likeness (QED) is 0.464. The van der Waals surface area contributed by atoms with Gasteiger partial charge >= 0.3 is 5.97 Å². The second-order valence-electron chi connectivity index (χ2n) is 4.50. The molecule has 3 nitrogen and oxygen atoms in total. The van der Waals surface area contributed by atoms with E-state index in [2.05, 4.69) is 18.6 Å². The molecule has 0 aromatic heterocycles. The predicted octanol–water partition coefficient (Wildman–Crippen LogP) is 2.97. The minimum Gasteiger partial charge on any atom is -0.465 e. The van der Waals surface area contributed by atoms with Crippen LogP contribution in [0.1, 0.15) is 25.0 Å². The predicted molar refractivity (Wildman–Crippen MR) is 70.6 cm³/mol. The summed E-state index contributed by atoms with van der Waals surface area (Å²) in [6, 6.07) is 9.66. The Morgan fingerprint density at radius 3 is 2.44 bits per heavy atom. The molecule has 0 aliphatic rings. The first-order valence-corrected chi connectivity index (χ1v) is 5.86. The number of carbonyl (C=O) groups is 1. The highest BCUT2D eigenvalue weighted by Crippen LogP contribution is 2.12. The minimum absolute atomic E-state index is 0.00843. The lowest BCUT2D eigenvalue weighted by atomic mass is 10.0. The molecular formula is C15H17NO2. The van der Waals surface area contributed by atoms with Crippen LogP contribution in [0.25, 0.3) is 6.08 Å². The first-order valence-electron chi connectivity index (χ1n) is 5.86. The number of hydrogen-bond acceptors (Lipinski definition) is 3. The topological polar surface area (TPSA) is 50.1 Å². The molecule has 1 rings (SSSR count). The summed E-state index contributed by atoms with van der Waals surface area (Å²) in [4.78, 5) is 11.2. The molecule has 0 fully saturated rings. The highest BCUT2D eigenvalue weighted by atomic mass is 16.5. The molecule has 0 radical (unpaired) electrons. The number of nitrogens with zero attached hydrogens (tertiary/aromatic N) is 1. The Morgan fingerprint density at radius 1 is 1.39 bits per heavy atom. The van der Waals surface area contributed by atoms with Crippen molar-refractivity contribution in [3.05, 3.63) is 41.0 Å². The van der Waals surface area contributed by atoms with Gasteiger partial charge in [-0.2, -0.15) is 5.26 Å². The fourth-order valence-electron chi connectivity index (χ4n) is 1.63. The van der Waals surface area contributed by atoms with Gasteiger partial charge in [0.15, 0.2) is 0 Å². The van der Waals surface area contributed by atoms with Gasteiger partial charge in [0.05, 0.1) is 7.11 Å². The van der Waals surface area contributed by atoms with Crippen molar-refractivity contribution >= 4 is 12.0 Å². The van der Waals surface area contributed by atoms with E-state index in [0.717, 1.165) is 12.0 Å². The van der Waals surface area contributed by atoms with Crippen LogP contribution >= 0.6 is 0 Å². The summed E-state index contributed by atoms with van der Waals surface area (Å²) in [5.41, 5.74) is 2.08. The fraction of sp³-hybridized carbons (Fsp3) is 0.333. The van der Waals surface area contributed by atoms with Crippen molar-refractivity contribution in [1.29, 1.82) is 5.26 Å². The zero-order valence-electron chi connectivity index (χ0n) is 10.9. The summed E-state index contributed by atoms with van der Waals surface area (Å²) >= 11 is 0. The van der Waals surface area contributed by atoms with Gasteiger partial charge in [-0.05, 0) is 29.5 Å². The number of carbonyl (C=O) groups excluding carboxylic acids is 1. The molecule has 0 aliphatic heterocycles. The Balaban J connectivity index is 2.89. The van der Waals surface area contributed by atoms with Gasteiger partial charge in [-0.25, -0.2) is 4.79 Å². The van der Waals surface area contributed by atoms with E-state index in [0.29, 0.717) is 5.92 Å². The summed E-state index contributed by atoms with van der Waals surface area (Å²) in [6.45, 7) is 4.33. The van der Waals surface area contributed by atoms with Crippen LogP contribution in [0.5, 0.6) is 0 Å². The van der Waals surface area contributed by atoms with E-state index in [4.69, 9.17) is 5.26 Å². The Bertz CT molecular complexity index is 478. The molecule has 0 saturated carbocycles. The normalized spacial score (nSPS) is 11.2. The van der Waals surface area contributed by atoms with Gasteiger partial charge in [0.1, 0.15) is 11.6 Å². The molecule has 0 atom stereocenters. The Hall–Kier alpha value is -2.08. The molecule has 0 heterocycles. The van der Waals surface area contributed by atoms with E-state index in [-0.39, 0.29) is 5.57 Å². The van der Waals surface area contributed by atoms with E-state index >= 15 is 0 Å². The van der Waals surface area contributed by atoms with Crippen molar-refractivity contribution in [2.75, 3.05) is 7.11 Å². The zero-order valence-corrected chi connectivity index (χ0v) is 10.9. The highest BCUT2D eigenvalue weighted by Gasteiger charge is 2.08. The number of benzene rings is 1. The number of nitriles is 1. The lowest BCUT2D eigenvalue weighted by molar-refractivity contribution is -0.135. The third-order valence-electron chi connectivity index (χ3n) is 2.46. The average Bonchev–Trinajstić information content (AvgIpc) is 2.36. The maximum atomic E-state index is 11.2. The molecule has 0 spiro atoms. The van der Waals surface area contributed by atoms with Gasteiger partial charge in [-0.1, -0.05) is 38.1 Å². The molecule has 18 heavy (non-hydrogen) atoms. The molecule has 0 aliphatic carbocycles. The third kappa shape index (κ3) is 4.06. The summed E-state index contributed by atoms with van der Waals surface area (Å²) in [6.07, 6.45) is 2.55. The molecule has 3 heteroatoms. The van der Waals surface area contributed by atoms with Gasteiger partial charge < -0.3 is 4.74 Å². The molecular weight excluding hydrogens is 226 g/mol. The van der Waals surface area contributed by atoms with Crippen LogP contribution in [0.2, 0.25) is 0 Å². The molecule has 0 amide bonds. The van der Waals surface area contributed by atoms with Crippen molar-refractivity contribution < 1.29 is 9.53 Å². The smallest absolute Gasteiger partial charge is 0.348 e. The number of hydrogen-bond donors (Lipinski definition) is 0. The number of rotatable bonds is 4. The van der Waals surface area contributed by atoms with Gasteiger partial charge in [-0.3, -0.25) is 0 Å². The lowest BCUT2D eigenvalue weighted by Gasteiger charge is -2.05. The molecule has 0 unspecified atom stereocenters. The largest absolute Gasteiger partial charge is 0.465 e. The van der Waals surface area contributed by atoms with Crippen LogP contribution in [0, 0.1) is 17.2 Å². The first kappa shape index (κ1) is 14.0. The van der Waals surface area contributed by atoms with Crippen LogP contribution in [0.4, 0.5) is 0 Å². The number of ether oxygens (including phenoxy) is 1. The van der Waals surface area contributed by atoms with Gasteiger partial charge in [0.25, 0.3) is 0 Å². The van der Waals surface area contributed by atoms with Crippen molar-refractivity contribution in [2.24, 2.45) is 5.92 Å². The van der Waals surface area contributed by atoms with Crippen LogP contribution in [-0.4, -0.2) is 13.1 Å². The first-order chi connectivity index (χ1) is 8.56. The summed E-state index contributed by atoms with van der Waals surface area (Å²) in [5.74, 6) is -0.000104. The summed E-state index contributed by atoms with van der Waals surface area (Å²) < 4.78 is 4.52. The van der Waals surface area contributed by atoms with E-state index in [9.17, 15) is 4.79 Å². The monoisotopic (exact) mass is 243 g/mol. The lowest BCUT2D eigenvalue weighted by Crippen LogP contribution is -2.02. The van der Waals surface area contributed by atoms with E-state index in [1.807, 2.05) is 30.3 Å². The standard InChI is InChI=1S/C15H17NO2/c1-11(2)8-12-4-6-13(7-5-12)9-14(10-16)15(17)18-3/h4-7,9,11H,8H2,1-3H3. The maximum Gasteiger partial charge on any atom is 0.348 e. The van der Waals surface area contributed by atoms with Crippen LogP contribution in [0.3, 0.4) is 0 Å². The Labute approximate surface area is 108 Å². The molecule has 94 valence electrons. The minimum atomic E-state index is -0.608. The van der Waals surface area contributed by atoms with E-state index < -0.39 is 5.97 Å². The molecule has 0 N–H and O–H groups in total. The highest BCUT2D eigenvalue weighted by molar-refractivity contribution is 5.97. The van der Waals surface area contributed by atoms with Crippen molar-refractivity contribution in [2.45, 2.75) is 20.3 Å². The van der Waals surface area contributed by atoms with Gasteiger partial charge in [-0.15, -0.1) is 0 Å². The van der Waals surface area contributed by atoms with Crippen LogP contribution in [0.15, 0.2) is 29.8 Å². The number of esters is 1. The zero-order chi connectivity index (χ0) is 13.5. The molecule has 0 bridgehead atoms. The van der Waals surface area contributed by atoms with Crippen molar-refractivity contribution in [3.63, 3.8) is 0 Å². The van der Waals surface area contributed by atoms with Gasteiger partial charge in [0, 0.05) is 0 Å². The summed E-state index contributed by atoms with van der Waals surface area (Å²) in [7, 11) is 1.26. The average molecular weight is 243 g/mol. The Morgan fingerprint density at radius 2 is 2.00 bits per heavy atom. The molecule has 1 aromatic carbocycles. The van der Waals surface area contributed by atoms with Crippen molar-refractivity contribution in [3.8, 4) is 6.07 Å². The van der Waals surface area contributed by atoms with Gasteiger partial charge in [0.2, 0.25) is 0 Å².